The smallest absolute Gasteiger partial charge is 0.457 e. The summed E-state index contributed by atoms with van der Waals surface area (Å²) in [7, 11) is 0. The summed E-state index contributed by atoms with van der Waals surface area (Å²) in [4.78, 5) is 47.6. The number of anilines is 2. The molecule has 0 aliphatic rings. The van der Waals surface area contributed by atoms with Gasteiger partial charge in [-0.15, -0.1) is 0 Å². The second-order valence-electron chi connectivity index (χ2n) is 6.56. The zero-order chi connectivity index (χ0) is 28.2. The molecular formula is C24H26MnN6O10+2. The molecule has 8 N–H and O–H groups in total. The van der Waals surface area contributed by atoms with E-state index < -0.39 is 10.2 Å². The third-order valence-electron chi connectivity index (χ3n) is 3.95. The monoisotopic (exact) mass is 613 g/mol. The van der Waals surface area contributed by atoms with E-state index in [2.05, 4.69) is 20.6 Å². The molecule has 2 heterocycles. The van der Waals surface area contributed by atoms with Gasteiger partial charge in [-0.2, -0.15) is 0 Å². The first-order valence-electron chi connectivity index (χ1n) is 10.3. The molecule has 0 atom stereocenters. The number of hydrogen-bond donors (Lipinski definition) is 2. The summed E-state index contributed by atoms with van der Waals surface area (Å²) in [5, 5.41) is 35.1. The van der Waals surface area contributed by atoms with Crippen molar-refractivity contribution >= 4 is 23.2 Å². The summed E-state index contributed by atoms with van der Waals surface area (Å²) in [6.07, 6.45) is 6.56. The number of rotatable bonds is 4. The van der Waals surface area contributed by atoms with Crippen molar-refractivity contribution in [2.45, 2.75) is 0 Å². The Balaban J connectivity index is -0.000000529. The molecule has 0 unspecified atom stereocenters. The van der Waals surface area contributed by atoms with Gasteiger partial charge >= 0.3 is 17.1 Å². The van der Waals surface area contributed by atoms with Crippen molar-refractivity contribution in [3.63, 3.8) is 0 Å². The van der Waals surface area contributed by atoms with Crippen LogP contribution in [-0.4, -0.2) is 32.0 Å². The molecule has 2 aromatic carbocycles. The van der Waals surface area contributed by atoms with Gasteiger partial charge in [0, 0.05) is 47.3 Å². The number of nitrogens with zero attached hydrogens (tertiary/aromatic N) is 4. The molecule has 1 radical (unpaired) electrons. The Hall–Kier alpha value is -5.48. The summed E-state index contributed by atoms with van der Waals surface area (Å²) in [6.45, 7) is 0. The van der Waals surface area contributed by atoms with E-state index in [1.54, 1.807) is 73.3 Å². The third kappa shape index (κ3) is 20.2. The van der Waals surface area contributed by atoms with Crippen molar-refractivity contribution in [2.75, 3.05) is 10.6 Å². The van der Waals surface area contributed by atoms with Crippen LogP contribution in [0, 0.1) is 30.6 Å². The van der Waals surface area contributed by atoms with E-state index in [9.17, 15) is 9.59 Å². The van der Waals surface area contributed by atoms with Crippen molar-refractivity contribution in [1.82, 2.24) is 9.97 Å². The normalized spacial score (nSPS) is 8.20. The number of aromatic nitrogens is 2. The van der Waals surface area contributed by atoms with Crippen molar-refractivity contribution in [3.8, 4) is 0 Å². The molecule has 0 saturated carbocycles. The van der Waals surface area contributed by atoms with Gasteiger partial charge in [0.15, 0.2) is 0 Å². The van der Waals surface area contributed by atoms with Crippen molar-refractivity contribution in [1.29, 1.82) is 0 Å². The van der Waals surface area contributed by atoms with Gasteiger partial charge in [0.2, 0.25) is 0 Å². The van der Waals surface area contributed by atoms with Gasteiger partial charge in [-0.3, -0.25) is 19.6 Å². The Bertz CT molecular complexity index is 1170. The van der Waals surface area contributed by atoms with Crippen LogP contribution in [0.1, 0.15) is 20.7 Å². The van der Waals surface area contributed by atoms with E-state index in [1.807, 2.05) is 36.4 Å². The molecule has 217 valence electrons. The molecule has 0 aliphatic carbocycles. The first kappa shape index (κ1) is 40.0. The topological polar surface area (TPSA) is 282 Å². The number of nitrogens with one attached hydrogen (secondary N) is 2. The minimum Gasteiger partial charge on any atom is -0.457 e. The van der Waals surface area contributed by atoms with E-state index in [0.29, 0.717) is 11.1 Å². The summed E-state index contributed by atoms with van der Waals surface area (Å²) in [6, 6.07) is 25.2. The number of benzene rings is 2. The van der Waals surface area contributed by atoms with Crippen molar-refractivity contribution in [3.05, 3.63) is 151 Å². The molecule has 0 fully saturated rings. The van der Waals surface area contributed by atoms with Crippen LogP contribution in [0.25, 0.3) is 0 Å². The van der Waals surface area contributed by atoms with Crippen LogP contribution in [-0.2, 0) is 28.0 Å². The minimum atomic E-state index is -1.75. The average molecular weight is 613 g/mol. The van der Waals surface area contributed by atoms with Gasteiger partial charge in [-0.05, 0) is 48.5 Å². The van der Waals surface area contributed by atoms with Gasteiger partial charge in [0.05, 0.1) is 10.2 Å². The largest absolute Gasteiger partial charge is 2.00 e. The first-order chi connectivity index (χ1) is 18.2. The molecule has 0 spiro atoms. The summed E-state index contributed by atoms with van der Waals surface area (Å²) in [5.41, 5.74) is 2.79. The Morgan fingerprint density at radius 1 is 0.537 bits per heavy atom. The molecular weight excluding hydrogens is 587 g/mol. The van der Waals surface area contributed by atoms with E-state index in [4.69, 9.17) is 30.6 Å². The van der Waals surface area contributed by atoms with Crippen molar-refractivity contribution < 1.29 is 47.8 Å². The van der Waals surface area contributed by atoms with Crippen LogP contribution in [0.5, 0.6) is 0 Å². The Morgan fingerprint density at radius 3 is 1.02 bits per heavy atom. The average Bonchev–Trinajstić information content (AvgIpc) is 2.91. The zero-order valence-corrected chi connectivity index (χ0v) is 22.2. The predicted octanol–water partition coefficient (Wildman–Crippen LogP) is 2.34. The summed E-state index contributed by atoms with van der Waals surface area (Å²) in [5.74, 6) is -0.219. The van der Waals surface area contributed by atoms with E-state index >= 15 is 0 Å². The fourth-order valence-corrected chi connectivity index (χ4v) is 2.46. The minimum absolute atomic E-state index is 0. The van der Waals surface area contributed by atoms with Gasteiger partial charge in [0.1, 0.15) is 0 Å². The molecule has 17 heteroatoms. The van der Waals surface area contributed by atoms with E-state index in [0.717, 1.165) is 11.4 Å². The predicted molar refractivity (Wildman–Crippen MR) is 148 cm³/mol. The molecule has 2 aromatic heterocycles. The van der Waals surface area contributed by atoms with E-state index in [-0.39, 0.29) is 39.8 Å². The molecule has 0 saturated heterocycles. The van der Waals surface area contributed by atoms with Crippen LogP contribution < -0.4 is 10.6 Å². The standard InChI is InChI=1S/2C12H10N2O.Mn.2NO3.2H2O/c2*15-12(10-4-2-1-3-5-10)14-11-6-8-13-9-7-11;;2*2-1(3)4;;/h2*1-9H,(H,13,14,15);;;;2*1H2/q;;+2;2*-1;;/p+2. The maximum absolute atomic E-state index is 11.7. The van der Waals surface area contributed by atoms with Gasteiger partial charge < -0.3 is 52.2 Å². The van der Waals surface area contributed by atoms with Crippen LogP contribution in [0.15, 0.2) is 110 Å². The van der Waals surface area contributed by atoms with E-state index in [1.165, 1.54) is 0 Å². The maximum Gasteiger partial charge on any atom is 2.00 e. The molecule has 4 aromatic rings. The van der Waals surface area contributed by atoms with Crippen LogP contribution in [0.3, 0.4) is 0 Å². The summed E-state index contributed by atoms with van der Waals surface area (Å²) >= 11 is 0. The molecule has 0 bridgehead atoms. The number of pyridine rings is 2. The number of carbonyl (C=O) groups excluding carboxylic acids is 2. The Labute approximate surface area is 243 Å². The Morgan fingerprint density at radius 2 is 0.780 bits per heavy atom. The van der Waals surface area contributed by atoms with Crippen molar-refractivity contribution in [2.24, 2.45) is 0 Å². The third-order valence-corrected chi connectivity index (χ3v) is 3.95. The summed E-state index contributed by atoms with van der Waals surface area (Å²) < 4.78 is 0. The maximum atomic E-state index is 11.7. The molecule has 4 rings (SSSR count). The van der Waals surface area contributed by atoms with Gasteiger partial charge in [0.25, 0.3) is 11.8 Å². The van der Waals surface area contributed by atoms with Crippen LogP contribution >= 0.6 is 0 Å². The Kier molecular flexibility index (Phi) is 23.1. The fraction of sp³-hybridized carbons (Fsp3) is 0. The quantitative estimate of drug-likeness (QED) is 0.146. The van der Waals surface area contributed by atoms with Gasteiger partial charge in [-0.1, -0.05) is 36.4 Å². The molecule has 2 amide bonds. The fourth-order valence-electron chi connectivity index (χ4n) is 2.46. The van der Waals surface area contributed by atoms with Gasteiger partial charge in [-0.25, -0.2) is 0 Å². The van der Waals surface area contributed by atoms with Crippen LogP contribution in [0.2, 0.25) is 0 Å². The van der Waals surface area contributed by atoms with Crippen LogP contribution in [0.4, 0.5) is 11.4 Å². The molecule has 41 heavy (non-hydrogen) atoms. The SMILES string of the molecule is O=C(Nc1ccncc1)c1ccccc1.O=C(Nc1ccncc1)c1ccccc1.O=[N+]([O-])[O-].O=[N+]([O-])[O-].[Mn+2].[OH3+].[OH3+]. The number of carbonyl (C=O) groups is 2. The number of amides is 2. The first-order valence-corrected chi connectivity index (χ1v) is 10.3. The second kappa shape index (κ2) is 23.6. The second-order valence-corrected chi connectivity index (χ2v) is 6.56. The molecule has 0 aliphatic heterocycles. The number of hydrogen-bond acceptors (Lipinski definition) is 10. The zero-order valence-electron chi connectivity index (χ0n) is 21.0. The molecule has 16 nitrogen and oxygen atoms in total.